The van der Waals surface area contributed by atoms with Gasteiger partial charge in [-0.2, -0.15) is 0 Å². The highest BCUT2D eigenvalue weighted by Crippen LogP contribution is 2.22. The second-order valence-electron chi connectivity index (χ2n) is 4.52. The number of benzene rings is 1. The zero-order chi connectivity index (χ0) is 13.0. The molecule has 1 amide bonds. The molecule has 2 rings (SSSR count). The maximum atomic E-state index is 12.8. The highest BCUT2D eigenvalue weighted by Gasteiger charge is 2.29. The molecule has 1 atom stereocenters. The van der Waals surface area contributed by atoms with Crippen LogP contribution in [0.4, 0.5) is 9.18 Å². The number of carbonyl (C=O) groups excluding carboxylic acids is 1. The number of ether oxygens (including phenoxy) is 1. The molecule has 18 heavy (non-hydrogen) atoms. The minimum Gasteiger partial charge on any atom is -0.450 e. The molecule has 1 aromatic carbocycles. The molecular formula is C14H18FNO2. The summed E-state index contributed by atoms with van der Waals surface area (Å²) in [5.41, 5.74) is 1.05. The summed E-state index contributed by atoms with van der Waals surface area (Å²) in [4.78, 5) is 13.5. The second-order valence-corrected chi connectivity index (χ2v) is 4.52. The minimum atomic E-state index is -0.234. The molecule has 1 aliphatic rings. The van der Waals surface area contributed by atoms with Crippen molar-refractivity contribution in [3.63, 3.8) is 0 Å². The molecular weight excluding hydrogens is 233 g/mol. The molecule has 0 saturated carbocycles. The summed E-state index contributed by atoms with van der Waals surface area (Å²) in [6.45, 7) is 2.96. The Hall–Kier alpha value is -1.58. The van der Waals surface area contributed by atoms with Crippen LogP contribution in [0.25, 0.3) is 0 Å². The normalized spacial score (nSPS) is 19.0. The molecule has 4 heteroatoms. The summed E-state index contributed by atoms with van der Waals surface area (Å²) in [6.07, 6.45) is 2.52. The molecule has 98 valence electrons. The highest BCUT2D eigenvalue weighted by molar-refractivity contribution is 5.68. The van der Waals surface area contributed by atoms with Crippen LogP contribution < -0.4 is 0 Å². The molecule has 1 aliphatic heterocycles. The van der Waals surface area contributed by atoms with Gasteiger partial charge in [-0.1, -0.05) is 12.1 Å². The van der Waals surface area contributed by atoms with Gasteiger partial charge in [0.25, 0.3) is 0 Å². The van der Waals surface area contributed by atoms with Gasteiger partial charge in [-0.05, 0) is 43.9 Å². The molecule has 1 saturated heterocycles. The van der Waals surface area contributed by atoms with Gasteiger partial charge in [0.05, 0.1) is 6.61 Å². The van der Waals surface area contributed by atoms with E-state index in [1.54, 1.807) is 17.0 Å². The van der Waals surface area contributed by atoms with E-state index >= 15 is 0 Å². The Bertz CT molecular complexity index is 405. The fraction of sp³-hybridized carbons (Fsp3) is 0.500. The van der Waals surface area contributed by atoms with Crippen molar-refractivity contribution in [1.82, 2.24) is 4.90 Å². The SMILES string of the molecule is CCOC(=O)N1CCCC1Cc1ccc(F)cc1. The van der Waals surface area contributed by atoms with Crippen LogP contribution in [0.3, 0.4) is 0 Å². The highest BCUT2D eigenvalue weighted by atomic mass is 19.1. The summed E-state index contributed by atoms with van der Waals surface area (Å²) in [5, 5.41) is 0. The van der Waals surface area contributed by atoms with Gasteiger partial charge in [0, 0.05) is 12.6 Å². The number of likely N-dealkylation sites (tertiary alicyclic amines) is 1. The average molecular weight is 251 g/mol. The summed E-state index contributed by atoms with van der Waals surface area (Å²) in [7, 11) is 0. The Morgan fingerprint density at radius 2 is 2.17 bits per heavy atom. The van der Waals surface area contributed by atoms with E-state index in [1.807, 2.05) is 6.92 Å². The van der Waals surface area contributed by atoms with Crippen LogP contribution in [-0.2, 0) is 11.2 Å². The van der Waals surface area contributed by atoms with Crippen molar-refractivity contribution in [3.8, 4) is 0 Å². The summed E-state index contributed by atoms with van der Waals surface area (Å²) in [5.74, 6) is -0.229. The van der Waals surface area contributed by atoms with Crippen LogP contribution in [0.5, 0.6) is 0 Å². The van der Waals surface area contributed by atoms with Gasteiger partial charge < -0.3 is 9.64 Å². The quantitative estimate of drug-likeness (QED) is 0.826. The predicted molar refractivity (Wildman–Crippen MR) is 66.9 cm³/mol. The zero-order valence-electron chi connectivity index (χ0n) is 10.6. The number of hydrogen-bond donors (Lipinski definition) is 0. The monoisotopic (exact) mass is 251 g/mol. The number of nitrogens with zero attached hydrogens (tertiary/aromatic N) is 1. The molecule has 1 heterocycles. The first-order valence-electron chi connectivity index (χ1n) is 6.38. The lowest BCUT2D eigenvalue weighted by Gasteiger charge is -2.23. The van der Waals surface area contributed by atoms with E-state index in [4.69, 9.17) is 4.74 Å². The van der Waals surface area contributed by atoms with E-state index in [0.717, 1.165) is 31.4 Å². The van der Waals surface area contributed by atoms with Crippen LogP contribution in [0.2, 0.25) is 0 Å². The van der Waals surface area contributed by atoms with Crippen molar-refractivity contribution in [2.45, 2.75) is 32.2 Å². The molecule has 0 N–H and O–H groups in total. The maximum absolute atomic E-state index is 12.8. The fourth-order valence-corrected chi connectivity index (χ4v) is 2.39. The van der Waals surface area contributed by atoms with Gasteiger partial charge in [-0.15, -0.1) is 0 Å². The maximum Gasteiger partial charge on any atom is 0.410 e. The van der Waals surface area contributed by atoms with Crippen LogP contribution in [-0.4, -0.2) is 30.2 Å². The van der Waals surface area contributed by atoms with Crippen LogP contribution in [0.1, 0.15) is 25.3 Å². The molecule has 0 aromatic heterocycles. The van der Waals surface area contributed by atoms with E-state index < -0.39 is 0 Å². The Kier molecular flexibility index (Phi) is 4.18. The van der Waals surface area contributed by atoms with Crippen LogP contribution >= 0.6 is 0 Å². The van der Waals surface area contributed by atoms with Gasteiger partial charge in [0.1, 0.15) is 5.82 Å². The first kappa shape index (κ1) is 12.9. The number of rotatable bonds is 3. The molecule has 0 bridgehead atoms. The minimum absolute atomic E-state index is 0.175. The first-order valence-corrected chi connectivity index (χ1v) is 6.38. The van der Waals surface area contributed by atoms with Crippen LogP contribution in [0.15, 0.2) is 24.3 Å². The molecule has 0 spiro atoms. The molecule has 1 aromatic rings. The van der Waals surface area contributed by atoms with E-state index in [0.29, 0.717) is 6.61 Å². The van der Waals surface area contributed by atoms with Crippen molar-refractivity contribution in [2.75, 3.05) is 13.2 Å². The van der Waals surface area contributed by atoms with Crippen molar-refractivity contribution in [1.29, 1.82) is 0 Å². The van der Waals surface area contributed by atoms with Crippen LogP contribution in [0, 0.1) is 5.82 Å². The lowest BCUT2D eigenvalue weighted by molar-refractivity contribution is 0.103. The Labute approximate surface area is 107 Å². The third kappa shape index (κ3) is 3.00. The molecule has 1 unspecified atom stereocenters. The topological polar surface area (TPSA) is 29.5 Å². The van der Waals surface area contributed by atoms with Gasteiger partial charge in [0.2, 0.25) is 0 Å². The number of amides is 1. The molecule has 0 radical (unpaired) electrons. The van der Waals surface area contributed by atoms with Gasteiger partial charge in [-0.3, -0.25) is 0 Å². The smallest absolute Gasteiger partial charge is 0.410 e. The second kappa shape index (κ2) is 5.85. The van der Waals surface area contributed by atoms with Gasteiger partial charge >= 0.3 is 6.09 Å². The van der Waals surface area contributed by atoms with E-state index in [9.17, 15) is 9.18 Å². The summed E-state index contributed by atoms with van der Waals surface area (Å²) < 4.78 is 17.9. The van der Waals surface area contributed by atoms with E-state index in [-0.39, 0.29) is 18.0 Å². The Morgan fingerprint density at radius 3 is 2.83 bits per heavy atom. The summed E-state index contributed by atoms with van der Waals surface area (Å²) in [6, 6.07) is 6.64. The summed E-state index contributed by atoms with van der Waals surface area (Å²) >= 11 is 0. The first-order chi connectivity index (χ1) is 8.70. The van der Waals surface area contributed by atoms with E-state index in [2.05, 4.69) is 0 Å². The predicted octanol–water partition coefficient (Wildman–Crippen LogP) is 2.99. The Morgan fingerprint density at radius 1 is 1.44 bits per heavy atom. The standard InChI is InChI=1S/C14H18FNO2/c1-2-18-14(17)16-9-3-4-13(16)10-11-5-7-12(15)8-6-11/h5-8,13H,2-4,9-10H2,1H3. The molecule has 3 nitrogen and oxygen atoms in total. The third-order valence-electron chi connectivity index (χ3n) is 3.26. The Balaban J connectivity index is 1.99. The molecule has 0 aliphatic carbocycles. The fourth-order valence-electron chi connectivity index (χ4n) is 2.39. The van der Waals surface area contributed by atoms with Gasteiger partial charge in [-0.25, -0.2) is 9.18 Å². The average Bonchev–Trinajstić information content (AvgIpc) is 2.81. The van der Waals surface area contributed by atoms with E-state index in [1.165, 1.54) is 12.1 Å². The number of halogens is 1. The lowest BCUT2D eigenvalue weighted by Crippen LogP contribution is -2.37. The number of carbonyl (C=O) groups is 1. The van der Waals surface area contributed by atoms with Crippen molar-refractivity contribution in [3.05, 3.63) is 35.6 Å². The van der Waals surface area contributed by atoms with Crippen molar-refractivity contribution < 1.29 is 13.9 Å². The largest absolute Gasteiger partial charge is 0.450 e. The zero-order valence-corrected chi connectivity index (χ0v) is 10.6. The van der Waals surface area contributed by atoms with Crippen molar-refractivity contribution in [2.24, 2.45) is 0 Å². The van der Waals surface area contributed by atoms with Crippen molar-refractivity contribution >= 4 is 6.09 Å². The third-order valence-corrected chi connectivity index (χ3v) is 3.26. The molecule has 1 fully saturated rings. The van der Waals surface area contributed by atoms with Gasteiger partial charge in [0.15, 0.2) is 0 Å². The number of hydrogen-bond acceptors (Lipinski definition) is 2. The lowest BCUT2D eigenvalue weighted by atomic mass is 10.0.